The predicted octanol–water partition coefficient (Wildman–Crippen LogP) is 5.19. The van der Waals surface area contributed by atoms with Gasteiger partial charge in [-0.25, -0.2) is 9.97 Å². The van der Waals surface area contributed by atoms with Crippen molar-refractivity contribution in [1.29, 1.82) is 0 Å². The van der Waals surface area contributed by atoms with Gasteiger partial charge in [-0.15, -0.1) is 11.3 Å². The fourth-order valence-corrected chi connectivity index (χ4v) is 4.84. The van der Waals surface area contributed by atoms with E-state index in [-0.39, 0.29) is 24.4 Å². The van der Waals surface area contributed by atoms with E-state index in [1.54, 1.807) is 11.0 Å². The minimum atomic E-state index is -0.139. The second-order valence-electron chi connectivity index (χ2n) is 8.17. The van der Waals surface area contributed by atoms with Crippen molar-refractivity contribution in [2.24, 2.45) is 0 Å². The number of rotatable bonds is 8. The highest BCUT2D eigenvalue weighted by Crippen LogP contribution is 2.28. The average molecular weight is 481 g/mol. The number of anilines is 1. The van der Waals surface area contributed by atoms with Crippen molar-refractivity contribution < 1.29 is 4.79 Å². The van der Waals surface area contributed by atoms with Crippen LogP contribution in [-0.2, 0) is 17.8 Å². The van der Waals surface area contributed by atoms with Crippen LogP contribution in [0.2, 0.25) is 0 Å². The van der Waals surface area contributed by atoms with Crippen molar-refractivity contribution in [2.75, 3.05) is 11.4 Å². The van der Waals surface area contributed by atoms with E-state index >= 15 is 0 Å². The number of para-hydroxylation sites is 1. The van der Waals surface area contributed by atoms with E-state index in [1.807, 2.05) is 72.1 Å². The summed E-state index contributed by atoms with van der Waals surface area (Å²) in [5, 5.41) is 3.19. The number of aryl methyl sites for hydroxylation is 1. The molecule has 2 heterocycles. The molecule has 0 bridgehead atoms. The maximum atomic E-state index is 13.4. The van der Waals surface area contributed by atoms with E-state index in [0.717, 1.165) is 16.8 Å². The van der Waals surface area contributed by atoms with E-state index in [2.05, 4.69) is 17.1 Å². The lowest BCUT2D eigenvalue weighted by atomic mass is 10.1. The Kier molecular flexibility index (Phi) is 6.77. The molecular weight excluding hydrogens is 456 g/mol. The molecule has 0 aliphatic carbocycles. The second-order valence-corrected chi connectivity index (χ2v) is 9.01. The SMILES string of the molecule is O=C(CCn1cnc2ccccc2c1=O)N(CCc1ccccc1)c1nc(-c2ccccc2)cs1. The Balaban J connectivity index is 1.37. The average Bonchev–Trinajstić information content (AvgIpc) is 3.40. The van der Waals surface area contributed by atoms with Gasteiger partial charge in [-0.3, -0.25) is 19.1 Å². The summed E-state index contributed by atoms with van der Waals surface area (Å²) in [6, 6.07) is 27.3. The molecule has 0 spiro atoms. The zero-order valence-corrected chi connectivity index (χ0v) is 19.9. The first-order chi connectivity index (χ1) is 17.2. The van der Waals surface area contributed by atoms with Crippen LogP contribution >= 0.6 is 11.3 Å². The number of thiazole rings is 1. The molecular formula is C28H24N4O2S. The first-order valence-corrected chi connectivity index (χ1v) is 12.4. The summed E-state index contributed by atoms with van der Waals surface area (Å²) in [7, 11) is 0. The number of hydrogen-bond acceptors (Lipinski definition) is 5. The summed E-state index contributed by atoms with van der Waals surface area (Å²) >= 11 is 1.46. The van der Waals surface area contributed by atoms with Gasteiger partial charge in [0.25, 0.3) is 5.56 Å². The minimum Gasteiger partial charge on any atom is -0.298 e. The molecule has 174 valence electrons. The Morgan fingerprint density at radius 3 is 2.43 bits per heavy atom. The molecule has 1 amide bonds. The van der Waals surface area contributed by atoms with Crippen LogP contribution in [0.4, 0.5) is 5.13 Å². The molecule has 0 unspecified atom stereocenters. The lowest BCUT2D eigenvalue weighted by Gasteiger charge is -2.20. The molecule has 7 heteroatoms. The van der Waals surface area contributed by atoms with Gasteiger partial charge >= 0.3 is 0 Å². The first kappa shape index (κ1) is 22.7. The number of fused-ring (bicyclic) bond motifs is 1. The molecule has 0 radical (unpaired) electrons. The molecule has 0 N–H and O–H groups in total. The summed E-state index contributed by atoms with van der Waals surface area (Å²) in [5.41, 5.74) is 3.53. The number of carbonyl (C=O) groups excluding carboxylic acids is 1. The molecule has 0 atom stereocenters. The van der Waals surface area contributed by atoms with Crippen LogP contribution in [0.5, 0.6) is 0 Å². The highest BCUT2D eigenvalue weighted by atomic mass is 32.1. The van der Waals surface area contributed by atoms with Gasteiger partial charge in [0.1, 0.15) is 0 Å². The molecule has 3 aromatic carbocycles. The Hall–Kier alpha value is -4.10. The van der Waals surface area contributed by atoms with Crippen LogP contribution < -0.4 is 10.5 Å². The summed E-state index contributed by atoms with van der Waals surface area (Å²) in [4.78, 5) is 37.1. The molecule has 2 aromatic heterocycles. The summed E-state index contributed by atoms with van der Waals surface area (Å²) in [6.07, 6.45) is 2.41. The van der Waals surface area contributed by atoms with Crippen molar-refractivity contribution in [1.82, 2.24) is 14.5 Å². The topological polar surface area (TPSA) is 68.1 Å². The van der Waals surface area contributed by atoms with Gasteiger partial charge in [0.05, 0.1) is 22.9 Å². The van der Waals surface area contributed by atoms with Crippen molar-refractivity contribution in [2.45, 2.75) is 19.4 Å². The maximum Gasteiger partial charge on any atom is 0.261 e. The second kappa shape index (κ2) is 10.4. The molecule has 0 fully saturated rings. The van der Waals surface area contributed by atoms with Gasteiger partial charge in [-0.1, -0.05) is 72.8 Å². The quantitative estimate of drug-likeness (QED) is 0.307. The van der Waals surface area contributed by atoms with Crippen LogP contribution in [0.15, 0.2) is 101 Å². The van der Waals surface area contributed by atoms with Crippen molar-refractivity contribution >= 4 is 33.3 Å². The number of amides is 1. The summed E-state index contributed by atoms with van der Waals surface area (Å²) in [5.74, 6) is -0.0741. The predicted molar refractivity (Wildman–Crippen MR) is 141 cm³/mol. The van der Waals surface area contributed by atoms with Gasteiger partial charge in [-0.05, 0) is 24.1 Å². The van der Waals surface area contributed by atoms with Crippen molar-refractivity contribution in [3.05, 3.63) is 113 Å². The number of carbonyl (C=O) groups is 1. The van der Waals surface area contributed by atoms with E-state index in [0.29, 0.717) is 29.0 Å². The van der Waals surface area contributed by atoms with E-state index < -0.39 is 0 Å². The summed E-state index contributed by atoms with van der Waals surface area (Å²) in [6.45, 7) is 0.768. The Labute approximate surface area is 207 Å². The van der Waals surface area contributed by atoms with Crippen LogP contribution in [0, 0.1) is 0 Å². The number of aromatic nitrogens is 3. The van der Waals surface area contributed by atoms with E-state index in [4.69, 9.17) is 4.98 Å². The maximum absolute atomic E-state index is 13.4. The van der Waals surface area contributed by atoms with Crippen LogP contribution in [-0.4, -0.2) is 27.0 Å². The third-order valence-corrected chi connectivity index (χ3v) is 6.72. The van der Waals surface area contributed by atoms with Crippen LogP contribution in [0.3, 0.4) is 0 Å². The normalized spacial score (nSPS) is 11.0. The molecule has 5 aromatic rings. The fraction of sp³-hybridized carbons (Fsp3) is 0.143. The Bertz CT molecular complexity index is 1500. The zero-order valence-electron chi connectivity index (χ0n) is 19.1. The highest BCUT2D eigenvalue weighted by Gasteiger charge is 2.20. The Morgan fingerprint density at radius 1 is 0.914 bits per heavy atom. The molecule has 5 rings (SSSR count). The molecule has 6 nitrogen and oxygen atoms in total. The molecule has 0 aliphatic heterocycles. The van der Waals surface area contributed by atoms with Gasteiger partial charge in [0, 0.05) is 30.5 Å². The smallest absolute Gasteiger partial charge is 0.261 e. The monoisotopic (exact) mass is 480 g/mol. The third kappa shape index (κ3) is 5.20. The number of hydrogen-bond donors (Lipinski definition) is 0. The zero-order chi connectivity index (χ0) is 24.0. The molecule has 35 heavy (non-hydrogen) atoms. The fourth-order valence-electron chi connectivity index (χ4n) is 3.96. The van der Waals surface area contributed by atoms with Gasteiger partial charge in [-0.2, -0.15) is 0 Å². The van der Waals surface area contributed by atoms with Gasteiger partial charge in [0.2, 0.25) is 5.91 Å². The first-order valence-electron chi connectivity index (χ1n) is 11.5. The lowest BCUT2D eigenvalue weighted by molar-refractivity contribution is -0.118. The number of benzene rings is 3. The van der Waals surface area contributed by atoms with Gasteiger partial charge < -0.3 is 0 Å². The highest BCUT2D eigenvalue weighted by molar-refractivity contribution is 7.14. The van der Waals surface area contributed by atoms with Crippen LogP contribution in [0.1, 0.15) is 12.0 Å². The van der Waals surface area contributed by atoms with Crippen molar-refractivity contribution in [3.8, 4) is 11.3 Å². The van der Waals surface area contributed by atoms with Gasteiger partial charge in [0.15, 0.2) is 5.13 Å². The largest absolute Gasteiger partial charge is 0.298 e. The third-order valence-electron chi connectivity index (χ3n) is 5.86. The van der Waals surface area contributed by atoms with E-state index in [1.165, 1.54) is 22.2 Å². The van der Waals surface area contributed by atoms with Crippen LogP contribution in [0.25, 0.3) is 22.2 Å². The lowest BCUT2D eigenvalue weighted by Crippen LogP contribution is -2.34. The van der Waals surface area contributed by atoms with Crippen molar-refractivity contribution in [3.63, 3.8) is 0 Å². The molecule has 0 saturated heterocycles. The van der Waals surface area contributed by atoms with E-state index in [9.17, 15) is 9.59 Å². The summed E-state index contributed by atoms with van der Waals surface area (Å²) < 4.78 is 1.51. The minimum absolute atomic E-state index is 0.0741. The molecule has 0 saturated carbocycles. The Morgan fingerprint density at radius 2 is 1.63 bits per heavy atom. The molecule has 0 aliphatic rings. The standard InChI is InChI=1S/C28H24N4O2S/c33-26(16-17-31-20-29-24-14-8-7-13-23(24)27(31)34)32(18-15-21-9-3-1-4-10-21)28-30-25(19-35-28)22-11-5-2-6-12-22/h1-14,19-20H,15-18H2. The number of nitrogens with zero attached hydrogens (tertiary/aromatic N) is 4.